The van der Waals surface area contributed by atoms with E-state index in [2.05, 4.69) is 47.4 Å². The summed E-state index contributed by atoms with van der Waals surface area (Å²) in [4.78, 5) is 20.0. The second-order valence-corrected chi connectivity index (χ2v) is 9.19. The molecule has 1 fully saturated rings. The Morgan fingerprint density at radius 1 is 1.15 bits per heavy atom. The number of ether oxygens (including phenoxy) is 2. The number of likely N-dealkylation sites (N-methyl/N-ethyl adjacent to an activating group) is 1. The van der Waals surface area contributed by atoms with Crippen LogP contribution in [-0.2, 0) is 0 Å². The van der Waals surface area contributed by atoms with Gasteiger partial charge in [-0.15, -0.1) is 0 Å². The van der Waals surface area contributed by atoms with Gasteiger partial charge in [0.1, 0.15) is 23.2 Å². The Morgan fingerprint density at radius 3 is 2.67 bits per heavy atom. The molecule has 0 spiro atoms. The molecule has 0 aliphatic carbocycles. The van der Waals surface area contributed by atoms with Gasteiger partial charge in [-0.3, -0.25) is 0 Å². The molecule has 4 aromatic rings. The molecular formula is C21H25N8O2S2+. The number of aromatic nitrogens is 4. The van der Waals surface area contributed by atoms with Gasteiger partial charge < -0.3 is 29.6 Å². The van der Waals surface area contributed by atoms with Crippen molar-refractivity contribution >= 4 is 66.6 Å². The van der Waals surface area contributed by atoms with Crippen LogP contribution in [0.5, 0.6) is 11.5 Å². The van der Waals surface area contributed by atoms with Gasteiger partial charge in [0.05, 0.1) is 25.1 Å². The van der Waals surface area contributed by atoms with Crippen LogP contribution in [0, 0.1) is 0 Å². The van der Waals surface area contributed by atoms with Crippen LogP contribution in [0.25, 0.3) is 21.9 Å². The predicted octanol–water partition coefficient (Wildman–Crippen LogP) is 2.69. The molecule has 5 rings (SSSR count). The molecule has 33 heavy (non-hydrogen) atoms. The average molecular weight is 486 g/mol. The second-order valence-electron chi connectivity index (χ2n) is 7.75. The number of anilines is 3. The maximum atomic E-state index is 5.60. The molecule has 1 saturated heterocycles. The molecule has 172 valence electrons. The number of H-pyrrole nitrogens is 2. The van der Waals surface area contributed by atoms with E-state index in [1.165, 1.54) is 17.7 Å². The summed E-state index contributed by atoms with van der Waals surface area (Å²) in [6.07, 6.45) is 3.43. The number of aromatic amines is 2. The van der Waals surface area contributed by atoms with Gasteiger partial charge >= 0.3 is 5.13 Å². The first-order valence-corrected chi connectivity index (χ1v) is 11.7. The Kier molecular flexibility index (Phi) is 5.87. The first-order chi connectivity index (χ1) is 16.1. The lowest BCUT2D eigenvalue weighted by Crippen LogP contribution is -2.48. The van der Waals surface area contributed by atoms with Crippen molar-refractivity contribution in [1.82, 2.24) is 24.8 Å². The van der Waals surface area contributed by atoms with E-state index in [1.807, 2.05) is 18.3 Å². The van der Waals surface area contributed by atoms with Gasteiger partial charge in [0.2, 0.25) is 5.82 Å². The number of piperazine rings is 1. The molecule has 12 heteroatoms. The van der Waals surface area contributed by atoms with Crippen molar-refractivity contribution in [3.05, 3.63) is 24.7 Å². The van der Waals surface area contributed by atoms with Crippen molar-refractivity contribution in [3.63, 3.8) is 0 Å². The maximum Gasteiger partial charge on any atom is 0.339 e. The largest absolute Gasteiger partial charge is 0.493 e. The highest BCUT2D eigenvalue weighted by Crippen LogP contribution is 2.38. The Morgan fingerprint density at radius 2 is 1.91 bits per heavy atom. The fourth-order valence-electron chi connectivity index (χ4n) is 3.87. The summed E-state index contributed by atoms with van der Waals surface area (Å²) in [5.74, 6) is 1.98. The van der Waals surface area contributed by atoms with Crippen LogP contribution >= 0.6 is 23.6 Å². The standard InChI is InChI=1S/C21H24N8O2S2/c1-28-4-6-29(7-5-28)21(32)26-16-10-22-20(33-16)27-19-17-12-8-14(30-2)15(31-3)9-13(12)25-18(17)23-11-24-19/h8-11H,4-7H2,1-3H3,(H,26,32)(H2,22,23,24,25,27)/p+1. The molecule has 4 heterocycles. The normalized spacial score (nSPS) is 14.6. The van der Waals surface area contributed by atoms with E-state index in [0.29, 0.717) is 17.3 Å². The van der Waals surface area contributed by atoms with Crippen LogP contribution in [0.2, 0.25) is 0 Å². The minimum Gasteiger partial charge on any atom is -0.493 e. The van der Waals surface area contributed by atoms with Gasteiger partial charge in [0.25, 0.3) is 0 Å². The van der Waals surface area contributed by atoms with Gasteiger partial charge in [0, 0.05) is 37.6 Å². The molecule has 0 unspecified atom stereocenters. The molecule has 3 aromatic heterocycles. The molecule has 0 radical (unpaired) electrons. The van der Waals surface area contributed by atoms with E-state index in [4.69, 9.17) is 21.7 Å². The SMILES string of the molecule is COc1cc2[nH]c3ncnc(Nc4[nH+]cc(NC(=S)N5CCN(C)CC5)s4)c3c2cc1OC. The Balaban J connectivity index is 1.39. The number of thiocarbonyl (C=S) groups is 1. The molecule has 0 amide bonds. The van der Waals surface area contributed by atoms with Crippen molar-refractivity contribution < 1.29 is 14.5 Å². The van der Waals surface area contributed by atoms with Gasteiger partial charge in [0.15, 0.2) is 16.6 Å². The van der Waals surface area contributed by atoms with Crippen LogP contribution in [-0.4, -0.2) is 77.3 Å². The summed E-state index contributed by atoms with van der Waals surface area (Å²) < 4.78 is 10.9. The Labute approximate surface area is 199 Å². The lowest BCUT2D eigenvalue weighted by atomic mass is 10.2. The van der Waals surface area contributed by atoms with Crippen molar-refractivity contribution in [3.8, 4) is 11.5 Å². The van der Waals surface area contributed by atoms with E-state index < -0.39 is 0 Å². The van der Waals surface area contributed by atoms with Crippen LogP contribution < -0.4 is 25.1 Å². The molecule has 1 aliphatic heterocycles. The Bertz CT molecular complexity index is 1310. The van der Waals surface area contributed by atoms with Gasteiger partial charge in [-0.05, 0) is 36.7 Å². The van der Waals surface area contributed by atoms with Gasteiger partial charge in [-0.2, -0.15) is 4.98 Å². The highest BCUT2D eigenvalue weighted by molar-refractivity contribution is 7.80. The first kappa shape index (κ1) is 21.6. The lowest BCUT2D eigenvalue weighted by Gasteiger charge is -2.33. The molecule has 1 aliphatic rings. The Hall–Kier alpha value is -3.22. The molecule has 10 nitrogen and oxygen atoms in total. The third-order valence-corrected chi connectivity index (χ3v) is 6.92. The fraction of sp³-hybridized carbons (Fsp3) is 0.333. The second kappa shape index (κ2) is 8.96. The summed E-state index contributed by atoms with van der Waals surface area (Å²) in [5.41, 5.74) is 1.62. The minimum atomic E-state index is 0.646. The third kappa shape index (κ3) is 4.24. The number of methoxy groups -OCH3 is 2. The summed E-state index contributed by atoms with van der Waals surface area (Å²) in [7, 11) is 5.37. The number of rotatable bonds is 5. The monoisotopic (exact) mass is 485 g/mol. The average Bonchev–Trinajstić information content (AvgIpc) is 3.42. The van der Waals surface area contributed by atoms with E-state index >= 15 is 0 Å². The molecule has 1 aromatic carbocycles. The molecular weight excluding hydrogens is 460 g/mol. The smallest absolute Gasteiger partial charge is 0.339 e. The predicted molar refractivity (Wildman–Crippen MR) is 134 cm³/mol. The summed E-state index contributed by atoms with van der Waals surface area (Å²) in [6.45, 7) is 3.87. The highest BCUT2D eigenvalue weighted by Gasteiger charge is 2.21. The number of fused-ring (bicyclic) bond motifs is 3. The zero-order chi connectivity index (χ0) is 22.9. The van der Waals surface area contributed by atoms with Crippen LogP contribution in [0.3, 0.4) is 0 Å². The quantitative estimate of drug-likeness (QED) is 0.368. The molecule has 0 saturated carbocycles. The topological polar surface area (TPSA) is 105 Å². The maximum absolute atomic E-state index is 5.60. The minimum absolute atomic E-state index is 0.646. The van der Waals surface area contributed by atoms with Crippen LogP contribution in [0.4, 0.5) is 16.0 Å². The van der Waals surface area contributed by atoms with E-state index in [9.17, 15) is 0 Å². The van der Waals surface area contributed by atoms with Gasteiger partial charge in [-0.25, -0.2) is 15.3 Å². The number of benzene rings is 1. The van der Waals surface area contributed by atoms with Crippen LogP contribution in [0.1, 0.15) is 0 Å². The van der Waals surface area contributed by atoms with E-state index in [-0.39, 0.29) is 0 Å². The van der Waals surface area contributed by atoms with Gasteiger partial charge in [-0.1, -0.05) is 0 Å². The van der Waals surface area contributed by atoms with Crippen LogP contribution in [0.15, 0.2) is 24.7 Å². The summed E-state index contributed by atoms with van der Waals surface area (Å²) in [6, 6.07) is 3.83. The molecule has 0 atom stereocenters. The van der Waals surface area contributed by atoms with E-state index in [0.717, 1.165) is 63.4 Å². The lowest BCUT2D eigenvalue weighted by molar-refractivity contribution is -0.353. The third-order valence-electron chi connectivity index (χ3n) is 5.69. The number of hydrogen-bond donors (Lipinski definition) is 3. The molecule has 4 N–H and O–H groups in total. The molecule has 0 bridgehead atoms. The highest BCUT2D eigenvalue weighted by atomic mass is 32.1. The number of nitrogens with one attached hydrogen (secondary N) is 4. The van der Waals surface area contributed by atoms with Crippen molar-refractivity contribution in [2.75, 3.05) is 58.1 Å². The van der Waals surface area contributed by atoms with E-state index in [1.54, 1.807) is 14.2 Å². The zero-order valence-electron chi connectivity index (χ0n) is 18.6. The zero-order valence-corrected chi connectivity index (χ0v) is 20.2. The van der Waals surface area contributed by atoms with Crippen molar-refractivity contribution in [1.29, 1.82) is 0 Å². The number of nitrogens with zero attached hydrogens (tertiary/aromatic N) is 4. The number of hydrogen-bond acceptors (Lipinski definition) is 8. The summed E-state index contributed by atoms with van der Waals surface area (Å²) >= 11 is 7.14. The first-order valence-electron chi connectivity index (χ1n) is 10.5. The summed E-state index contributed by atoms with van der Waals surface area (Å²) in [5, 5.41) is 11.0. The fourth-order valence-corrected chi connectivity index (χ4v) is 4.98. The van der Waals surface area contributed by atoms with Crippen molar-refractivity contribution in [2.24, 2.45) is 0 Å². The van der Waals surface area contributed by atoms with Crippen molar-refractivity contribution in [2.45, 2.75) is 0 Å². The number of thiazole rings is 1.